The minimum absolute atomic E-state index is 0.626. The summed E-state index contributed by atoms with van der Waals surface area (Å²) in [7, 11) is 0. The topological polar surface area (TPSA) is 12.0 Å². The second-order valence-corrected chi connectivity index (χ2v) is 4.11. The van der Waals surface area contributed by atoms with E-state index in [1.54, 1.807) is 0 Å². The van der Waals surface area contributed by atoms with Crippen LogP contribution in [0.5, 0.6) is 0 Å². The molecule has 1 nitrogen and oxygen atoms in total. The standard InChI is InChI=1S/C12H17N/c1-8-6-9(2)12(10(3)7-8)11-4-5-13-11/h6-7,11,13H,4-5H2,1-3H3/t11-/m1/s1. The molecule has 1 heterocycles. The van der Waals surface area contributed by atoms with Crippen LogP contribution in [-0.4, -0.2) is 6.54 Å². The zero-order chi connectivity index (χ0) is 9.42. The molecule has 0 aromatic heterocycles. The van der Waals surface area contributed by atoms with Crippen molar-refractivity contribution in [3.05, 3.63) is 34.4 Å². The van der Waals surface area contributed by atoms with Crippen LogP contribution in [0.1, 0.15) is 34.7 Å². The molecule has 1 heteroatoms. The van der Waals surface area contributed by atoms with E-state index in [0.717, 1.165) is 0 Å². The number of rotatable bonds is 1. The van der Waals surface area contributed by atoms with E-state index in [-0.39, 0.29) is 0 Å². The van der Waals surface area contributed by atoms with Crippen molar-refractivity contribution in [2.45, 2.75) is 33.2 Å². The van der Waals surface area contributed by atoms with Gasteiger partial charge in [-0.15, -0.1) is 0 Å². The lowest BCUT2D eigenvalue weighted by molar-refractivity contribution is 0.380. The van der Waals surface area contributed by atoms with Crippen LogP contribution in [0.4, 0.5) is 0 Å². The third-order valence-electron chi connectivity index (χ3n) is 2.91. The van der Waals surface area contributed by atoms with E-state index >= 15 is 0 Å². The van der Waals surface area contributed by atoms with Gasteiger partial charge in [-0.05, 0) is 50.4 Å². The molecule has 1 fully saturated rings. The molecule has 1 saturated heterocycles. The van der Waals surface area contributed by atoms with Crippen LogP contribution < -0.4 is 5.32 Å². The van der Waals surface area contributed by atoms with E-state index in [0.29, 0.717) is 6.04 Å². The quantitative estimate of drug-likeness (QED) is 0.692. The molecule has 0 aliphatic carbocycles. The number of hydrogen-bond acceptors (Lipinski definition) is 1. The molecule has 0 unspecified atom stereocenters. The van der Waals surface area contributed by atoms with Crippen molar-refractivity contribution in [1.29, 1.82) is 0 Å². The molecule has 1 aromatic rings. The second kappa shape index (κ2) is 3.15. The molecule has 0 bridgehead atoms. The van der Waals surface area contributed by atoms with Crippen molar-refractivity contribution < 1.29 is 0 Å². The molecule has 1 aromatic carbocycles. The van der Waals surface area contributed by atoms with Crippen LogP contribution in [-0.2, 0) is 0 Å². The first-order valence-corrected chi connectivity index (χ1v) is 4.99. The zero-order valence-corrected chi connectivity index (χ0v) is 8.65. The van der Waals surface area contributed by atoms with Gasteiger partial charge in [-0.25, -0.2) is 0 Å². The summed E-state index contributed by atoms with van der Waals surface area (Å²) in [5, 5.41) is 3.46. The van der Waals surface area contributed by atoms with Gasteiger partial charge in [0.25, 0.3) is 0 Å². The first-order valence-electron chi connectivity index (χ1n) is 4.99. The summed E-state index contributed by atoms with van der Waals surface area (Å²) in [6.45, 7) is 7.78. The summed E-state index contributed by atoms with van der Waals surface area (Å²) in [6.07, 6.45) is 1.30. The van der Waals surface area contributed by atoms with Gasteiger partial charge in [0.15, 0.2) is 0 Å². The van der Waals surface area contributed by atoms with Gasteiger partial charge >= 0.3 is 0 Å². The lowest BCUT2D eigenvalue weighted by atomic mass is 9.89. The maximum Gasteiger partial charge on any atom is 0.0337 e. The lowest BCUT2D eigenvalue weighted by Gasteiger charge is -2.31. The van der Waals surface area contributed by atoms with Crippen LogP contribution in [0, 0.1) is 20.8 Å². The fraction of sp³-hybridized carbons (Fsp3) is 0.500. The molecule has 0 saturated carbocycles. The minimum atomic E-state index is 0.626. The molecule has 70 valence electrons. The van der Waals surface area contributed by atoms with Gasteiger partial charge in [0.1, 0.15) is 0 Å². The monoisotopic (exact) mass is 175 g/mol. The van der Waals surface area contributed by atoms with E-state index < -0.39 is 0 Å². The van der Waals surface area contributed by atoms with Gasteiger partial charge in [0.05, 0.1) is 0 Å². The van der Waals surface area contributed by atoms with Crippen molar-refractivity contribution in [3.8, 4) is 0 Å². The van der Waals surface area contributed by atoms with Crippen LogP contribution in [0.25, 0.3) is 0 Å². The summed E-state index contributed by atoms with van der Waals surface area (Å²) >= 11 is 0. The molecule has 1 atom stereocenters. The maximum absolute atomic E-state index is 3.46. The Morgan fingerprint density at radius 2 is 1.69 bits per heavy atom. The Morgan fingerprint density at radius 3 is 2.08 bits per heavy atom. The SMILES string of the molecule is Cc1cc(C)c([C@H]2CCN2)c(C)c1. The highest BCUT2D eigenvalue weighted by Crippen LogP contribution is 2.29. The zero-order valence-electron chi connectivity index (χ0n) is 8.65. The van der Waals surface area contributed by atoms with E-state index in [4.69, 9.17) is 0 Å². The number of aryl methyl sites for hydroxylation is 3. The summed E-state index contributed by atoms with van der Waals surface area (Å²) in [4.78, 5) is 0. The normalized spacial score (nSPS) is 21.3. The van der Waals surface area contributed by atoms with E-state index in [2.05, 4.69) is 38.2 Å². The van der Waals surface area contributed by atoms with Gasteiger partial charge in [0.2, 0.25) is 0 Å². The van der Waals surface area contributed by atoms with Crippen molar-refractivity contribution in [2.24, 2.45) is 0 Å². The van der Waals surface area contributed by atoms with E-state index in [1.165, 1.54) is 35.2 Å². The summed E-state index contributed by atoms with van der Waals surface area (Å²) in [6, 6.07) is 5.19. The summed E-state index contributed by atoms with van der Waals surface area (Å²) < 4.78 is 0. The van der Waals surface area contributed by atoms with Gasteiger partial charge in [0, 0.05) is 6.04 Å². The molecule has 1 aliphatic heterocycles. The minimum Gasteiger partial charge on any atom is -0.310 e. The molecule has 0 spiro atoms. The Hall–Kier alpha value is -0.820. The summed E-state index contributed by atoms with van der Waals surface area (Å²) in [5.41, 5.74) is 5.78. The van der Waals surface area contributed by atoms with E-state index in [1.807, 2.05) is 0 Å². The van der Waals surface area contributed by atoms with Crippen LogP contribution >= 0.6 is 0 Å². The van der Waals surface area contributed by atoms with Gasteiger partial charge < -0.3 is 5.32 Å². The van der Waals surface area contributed by atoms with Gasteiger partial charge in [-0.1, -0.05) is 17.7 Å². The smallest absolute Gasteiger partial charge is 0.0337 e. The fourth-order valence-electron chi connectivity index (χ4n) is 2.28. The highest BCUT2D eigenvalue weighted by atomic mass is 15.0. The Labute approximate surface area is 80.2 Å². The maximum atomic E-state index is 3.46. The van der Waals surface area contributed by atoms with E-state index in [9.17, 15) is 0 Å². The average Bonchev–Trinajstić information content (AvgIpc) is 1.92. The highest BCUT2D eigenvalue weighted by Gasteiger charge is 2.21. The van der Waals surface area contributed by atoms with Gasteiger partial charge in [-0.3, -0.25) is 0 Å². The number of nitrogens with one attached hydrogen (secondary N) is 1. The Kier molecular flexibility index (Phi) is 2.12. The van der Waals surface area contributed by atoms with Crippen molar-refractivity contribution in [3.63, 3.8) is 0 Å². The molecule has 2 rings (SSSR count). The summed E-state index contributed by atoms with van der Waals surface area (Å²) in [5.74, 6) is 0. The molecule has 0 radical (unpaired) electrons. The fourth-order valence-corrected chi connectivity index (χ4v) is 2.28. The Bertz CT molecular complexity index is 301. The predicted molar refractivity (Wildman–Crippen MR) is 56.0 cm³/mol. The third kappa shape index (κ3) is 1.49. The van der Waals surface area contributed by atoms with Crippen molar-refractivity contribution in [1.82, 2.24) is 5.32 Å². The Morgan fingerprint density at radius 1 is 1.15 bits per heavy atom. The van der Waals surface area contributed by atoms with Crippen LogP contribution in [0.15, 0.2) is 12.1 Å². The first kappa shape index (κ1) is 8.76. The molecule has 13 heavy (non-hydrogen) atoms. The average molecular weight is 175 g/mol. The first-order chi connectivity index (χ1) is 6.18. The lowest BCUT2D eigenvalue weighted by Crippen LogP contribution is -2.35. The van der Waals surface area contributed by atoms with Crippen LogP contribution in [0.3, 0.4) is 0 Å². The Balaban J connectivity index is 2.43. The second-order valence-electron chi connectivity index (χ2n) is 4.11. The predicted octanol–water partition coefficient (Wildman–Crippen LogP) is 2.65. The molecular formula is C12H17N. The molecule has 1 aliphatic rings. The largest absolute Gasteiger partial charge is 0.310 e. The van der Waals surface area contributed by atoms with Gasteiger partial charge in [-0.2, -0.15) is 0 Å². The molecular weight excluding hydrogens is 158 g/mol. The number of benzene rings is 1. The van der Waals surface area contributed by atoms with Crippen molar-refractivity contribution >= 4 is 0 Å². The highest BCUT2D eigenvalue weighted by molar-refractivity contribution is 5.40. The number of hydrogen-bond donors (Lipinski definition) is 1. The van der Waals surface area contributed by atoms with Crippen molar-refractivity contribution in [2.75, 3.05) is 6.54 Å². The third-order valence-corrected chi connectivity index (χ3v) is 2.91. The van der Waals surface area contributed by atoms with Crippen LogP contribution in [0.2, 0.25) is 0 Å². The molecule has 0 amide bonds. The molecule has 1 N–H and O–H groups in total.